The molecule has 0 amide bonds. The molecule has 0 aliphatic carbocycles. The smallest absolute Gasteiger partial charge is 0.335 e. The summed E-state index contributed by atoms with van der Waals surface area (Å²) in [6, 6.07) is 23.2. The first kappa shape index (κ1) is 20.3. The van der Waals surface area contributed by atoms with E-state index in [0.29, 0.717) is 5.56 Å². The van der Waals surface area contributed by atoms with E-state index < -0.39 is 5.97 Å². The predicted molar refractivity (Wildman–Crippen MR) is 116 cm³/mol. The molecule has 0 aliphatic heterocycles. The SMILES string of the molecule is Cc1ccc(SNCCSc2ccc(Oc3ccccc3)cc2)cc1C(=O)O. The summed E-state index contributed by atoms with van der Waals surface area (Å²) in [6.07, 6.45) is 0. The molecule has 4 nitrogen and oxygen atoms in total. The van der Waals surface area contributed by atoms with Crippen LogP contribution in [0.25, 0.3) is 0 Å². The Bertz CT molecular complexity index is 915. The molecular weight excluding hydrogens is 390 g/mol. The molecule has 0 aromatic heterocycles. The van der Waals surface area contributed by atoms with Crippen molar-refractivity contribution in [2.45, 2.75) is 16.7 Å². The Balaban J connectivity index is 1.41. The molecule has 0 spiro atoms. The van der Waals surface area contributed by atoms with Crippen LogP contribution in [-0.2, 0) is 0 Å². The first-order chi connectivity index (χ1) is 13.6. The van der Waals surface area contributed by atoms with Crippen LogP contribution in [0.3, 0.4) is 0 Å². The number of carboxylic acids is 1. The van der Waals surface area contributed by atoms with E-state index in [4.69, 9.17) is 4.74 Å². The van der Waals surface area contributed by atoms with E-state index in [2.05, 4.69) is 16.9 Å². The molecule has 3 aromatic rings. The van der Waals surface area contributed by atoms with Gasteiger partial charge in [0.05, 0.1) is 5.56 Å². The van der Waals surface area contributed by atoms with Crippen LogP contribution in [0.1, 0.15) is 15.9 Å². The standard InChI is InChI=1S/C22H21NO3S2/c1-16-7-10-20(15-21(16)22(24)25)28-23-13-14-27-19-11-8-18(9-12-19)26-17-5-3-2-4-6-17/h2-12,15,23H,13-14H2,1H3,(H,24,25). The molecule has 2 N–H and O–H groups in total. The number of benzene rings is 3. The third-order valence-corrected chi connectivity index (χ3v) is 5.76. The lowest BCUT2D eigenvalue weighted by atomic mass is 10.1. The lowest BCUT2D eigenvalue weighted by Gasteiger charge is -2.08. The van der Waals surface area contributed by atoms with Gasteiger partial charge in [0.2, 0.25) is 0 Å². The molecule has 0 aliphatic rings. The number of rotatable bonds is 9. The van der Waals surface area contributed by atoms with Crippen LogP contribution in [0.5, 0.6) is 11.5 Å². The van der Waals surface area contributed by atoms with Gasteiger partial charge in [-0.2, -0.15) is 0 Å². The van der Waals surface area contributed by atoms with Crippen molar-refractivity contribution < 1.29 is 14.6 Å². The van der Waals surface area contributed by atoms with Gasteiger partial charge in [-0.3, -0.25) is 4.72 Å². The molecule has 3 aromatic carbocycles. The van der Waals surface area contributed by atoms with Crippen molar-refractivity contribution in [3.8, 4) is 11.5 Å². The van der Waals surface area contributed by atoms with Crippen LogP contribution < -0.4 is 9.46 Å². The van der Waals surface area contributed by atoms with Crippen molar-refractivity contribution in [1.82, 2.24) is 4.72 Å². The van der Waals surface area contributed by atoms with Crippen LogP contribution in [-0.4, -0.2) is 23.4 Å². The highest BCUT2D eigenvalue weighted by Gasteiger charge is 2.08. The quantitative estimate of drug-likeness (QED) is 0.261. The number of hydrogen-bond acceptors (Lipinski definition) is 5. The van der Waals surface area contributed by atoms with Crippen LogP contribution in [0.15, 0.2) is 82.6 Å². The summed E-state index contributed by atoms with van der Waals surface area (Å²) in [4.78, 5) is 13.3. The molecule has 0 heterocycles. The Morgan fingerprint density at radius 1 is 0.964 bits per heavy atom. The summed E-state index contributed by atoms with van der Waals surface area (Å²) < 4.78 is 9.07. The van der Waals surface area contributed by atoms with Gasteiger partial charge in [0.1, 0.15) is 11.5 Å². The highest BCUT2D eigenvalue weighted by molar-refractivity contribution is 7.99. The number of carbonyl (C=O) groups is 1. The largest absolute Gasteiger partial charge is 0.478 e. The average molecular weight is 412 g/mol. The zero-order valence-corrected chi connectivity index (χ0v) is 17.1. The zero-order valence-electron chi connectivity index (χ0n) is 15.4. The van der Waals surface area contributed by atoms with Gasteiger partial charge in [0.25, 0.3) is 0 Å². The lowest BCUT2D eigenvalue weighted by Crippen LogP contribution is -2.08. The number of nitrogens with one attached hydrogen (secondary N) is 1. The first-order valence-corrected chi connectivity index (χ1v) is 10.6. The van der Waals surface area contributed by atoms with Crippen molar-refractivity contribution >= 4 is 29.7 Å². The highest BCUT2D eigenvalue weighted by Crippen LogP contribution is 2.25. The van der Waals surface area contributed by atoms with Crippen molar-refractivity contribution in [2.75, 3.05) is 12.3 Å². The molecule has 0 saturated heterocycles. The van der Waals surface area contributed by atoms with Crippen LogP contribution in [0, 0.1) is 6.92 Å². The normalized spacial score (nSPS) is 10.6. The van der Waals surface area contributed by atoms with Crippen molar-refractivity contribution in [3.05, 3.63) is 83.9 Å². The topological polar surface area (TPSA) is 58.6 Å². The summed E-state index contributed by atoms with van der Waals surface area (Å²) in [5, 5.41) is 9.19. The molecule has 6 heteroatoms. The molecule has 144 valence electrons. The van der Waals surface area contributed by atoms with Crippen molar-refractivity contribution in [1.29, 1.82) is 0 Å². The van der Waals surface area contributed by atoms with E-state index >= 15 is 0 Å². The maximum absolute atomic E-state index is 11.2. The summed E-state index contributed by atoms with van der Waals surface area (Å²) in [5.74, 6) is 1.66. The second kappa shape index (κ2) is 10.2. The van der Waals surface area contributed by atoms with Crippen LogP contribution in [0.4, 0.5) is 0 Å². The summed E-state index contributed by atoms with van der Waals surface area (Å²) in [5.41, 5.74) is 1.12. The molecular formula is C22H21NO3S2. The van der Waals surface area contributed by atoms with Crippen molar-refractivity contribution in [2.24, 2.45) is 0 Å². The number of hydrogen-bond donors (Lipinski definition) is 2. The second-order valence-electron chi connectivity index (χ2n) is 6.01. The third-order valence-electron chi connectivity index (χ3n) is 3.90. The molecule has 0 atom stereocenters. The maximum Gasteiger partial charge on any atom is 0.335 e. The van der Waals surface area contributed by atoms with E-state index in [1.807, 2.05) is 54.6 Å². The molecule has 0 fully saturated rings. The van der Waals surface area contributed by atoms with Gasteiger partial charge in [-0.1, -0.05) is 24.3 Å². The van der Waals surface area contributed by atoms with Crippen molar-refractivity contribution in [3.63, 3.8) is 0 Å². The summed E-state index contributed by atoms with van der Waals surface area (Å²) in [6.45, 7) is 2.60. The second-order valence-corrected chi connectivity index (χ2v) is 8.15. The van der Waals surface area contributed by atoms with Gasteiger partial charge in [-0.05, 0) is 73.0 Å². The van der Waals surface area contributed by atoms with Crippen LogP contribution in [0.2, 0.25) is 0 Å². The summed E-state index contributed by atoms with van der Waals surface area (Å²) in [7, 11) is 0. The Kier molecular flexibility index (Phi) is 7.42. The molecule has 0 radical (unpaired) electrons. The Morgan fingerprint density at radius 2 is 1.64 bits per heavy atom. The fraction of sp³-hybridized carbons (Fsp3) is 0.136. The first-order valence-electron chi connectivity index (χ1n) is 8.81. The van der Waals surface area contributed by atoms with Crippen LogP contribution >= 0.6 is 23.7 Å². The maximum atomic E-state index is 11.2. The lowest BCUT2D eigenvalue weighted by molar-refractivity contribution is 0.0696. The van der Waals surface area contributed by atoms with E-state index in [1.165, 1.54) is 16.8 Å². The third kappa shape index (κ3) is 6.05. The fourth-order valence-electron chi connectivity index (χ4n) is 2.47. The van der Waals surface area contributed by atoms with Gasteiger partial charge in [-0.25, -0.2) is 4.79 Å². The Hall–Kier alpha value is -2.41. The Morgan fingerprint density at radius 3 is 2.36 bits per heavy atom. The molecule has 28 heavy (non-hydrogen) atoms. The number of ether oxygens (including phenoxy) is 1. The molecule has 0 bridgehead atoms. The monoisotopic (exact) mass is 411 g/mol. The fourth-order valence-corrected chi connectivity index (χ4v) is 4.05. The zero-order chi connectivity index (χ0) is 19.8. The van der Waals surface area contributed by atoms with Gasteiger partial charge in [0.15, 0.2) is 0 Å². The van der Waals surface area contributed by atoms with Gasteiger partial charge >= 0.3 is 5.97 Å². The van der Waals surface area contributed by atoms with Gasteiger partial charge in [-0.15, -0.1) is 11.8 Å². The van der Waals surface area contributed by atoms with Gasteiger partial charge in [0, 0.05) is 22.1 Å². The minimum atomic E-state index is -0.893. The van der Waals surface area contributed by atoms with E-state index in [1.54, 1.807) is 24.8 Å². The molecule has 3 rings (SSSR count). The van der Waals surface area contributed by atoms with Gasteiger partial charge < -0.3 is 9.84 Å². The molecule has 0 unspecified atom stereocenters. The summed E-state index contributed by atoms with van der Waals surface area (Å²) >= 11 is 3.21. The predicted octanol–water partition coefficient (Wildman–Crippen LogP) is 5.87. The molecule has 0 saturated carbocycles. The van der Waals surface area contributed by atoms with E-state index in [9.17, 15) is 9.90 Å². The minimum Gasteiger partial charge on any atom is -0.478 e. The number of carboxylic acid groups (broad SMARTS) is 1. The van der Waals surface area contributed by atoms with E-state index in [-0.39, 0.29) is 0 Å². The number of thioether (sulfide) groups is 1. The number of aromatic carboxylic acids is 1. The van der Waals surface area contributed by atoms with E-state index in [0.717, 1.165) is 34.3 Å². The number of aryl methyl sites for hydroxylation is 1. The Labute approximate surface area is 173 Å². The number of para-hydroxylation sites is 1. The highest BCUT2D eigenvalue weighted by atomic mass is 32.2. The average Bonchev–Trinajstić information content (AvgIpc) is 2.71. The minimum absolute atomic E-state index is 0.346.